The Balaban J connectivity index is 1.81. The molecule has 1 atom stereocenters. The van der Waals surface area contributed by atoms with E-state index in [1.807, 2.05) is 0 Å². The average Bonchev–Trinajstić information content (AvgIpc) is 2.74. The number of hydrogen-bond donors (Lipinski definition) is 1. The number of piperidine rings is 1. The third-order valence-corrected chi connectivity index (χ3v) is 7.04. The molecule has 0 radical (unpaired) electrons. The standard InChI is InChI=1S/C20H22ClFN2O5S/c1-28-17-7-5-14(21)10-16(17)23-20(25)13-4-3-9-24(12-13)30(26,27)19-11-15(22)6-8-18(19)29-2/h5-8,10-11,13H,3-4,9,12H2,1-2H3,(H,23,25)/t13-/m1/s1. The molecular formula is C20H22ClFN2O5S. The lowest BCUT2D eigenvalue weighted by atomic mass is 9.98. The van der Waals surface area contributed by atoms with Crippen molar-refractivity contribution in [1.29, 1.82) is 0 Å². The quantitative estimate of drug-likeness (QED) is 0.718. The van der Waals surface area contributed by atoms with Gasteiger partial charge in [-0.3, -0.25) is 4.79 Å². The molecule has 1 N–H and O–H groups in total. The summed E-state index contributed by atoms with van der Waals surface area (Å²) in [6, 6.07) is 8.15. The van der Waals surface area contributed by atoms with Crippen molar-refractivity contribution >= 4 is 33.2 Å². The number of ether oxygens (including phenoxy) is 2. The Kier molecular flexibility index (Phi) is 6.84. The fraction of sp³-hybridized carbons (Fsp3) is 0.350. The summed E-state index contributed by atoms with van der Waals surface area (Å²) in [5.74, 6) is -1.13. The van der Waals surface area contributed by atoms with Crippen molar-refractivity contribution in [1.82, 2.24) is 4.31 Å². The molecule has 1 heterocycles. The Morgan fingerprint density at radius 3 is 2.57 bits per heavy atom. The van der Waals surface area contributed by atoms with Crippen LogP contribution >= 0.6 is 11.6 Å². The third-order valence-electron chi connectivity index (χ3n) is 4.92. The summed E-state index contributed by atoms with van der Waals surface area (Å²) in [5.41, 5.74) is 0.404. The molecule has 1 saturated heterocycles. The van der Waals surface area contributed by atoms with Gasteiger partial charge in [-0.1, -0.05) is 11.6 Å². The fourth-order valence-electron chi connectivity index (χ4n) is 3.38. The number of rotatable bonds is 6. The highest BCUT2D eigenvalue weighted by molar-refractivity contribution is 7.89. The highest BCUT2D eigenvalue weighted by Gasteiger charge is 2.35. The summed E-state index contributed by atoms with van der Waals surface area (Å²) in [4.78, 5) is 12.6. The van der Waals surface area contributed by atoms with Crippen LogP contribution in [0.3, 0.4) is 0 Å². The smallest absolute Gasteiger partial charge is 0.246 e. The maximum absolute atomic E-state index is 13.7. The van der Waals surface area contributed by atoms with Gasteiger partial charge in [0.2, 0.25) is 15.9 Å². The monoisotopic (exact) mass is 456 g/mol. The molecule has 0 unspecified atom stereocenters. The summed E-state index contributed by atoms with van der Waals surface area (Å²) >= 11 is 6.00. The molecule has 2 aromatic carbocycles. The summed E-state index contributed by atoms with van der Waals surface area (Å²) < 4.78 is 51.4. The van der Waals surface area contributed by atoms with Gasteiger partial charge in [-0.25, -0.2) is 12.8 Å². The van der Waals surface area contributed by atoms with E-state index in [1.165, 1.54) is 24.6 Å². The van der Waals surface area contributed by atoms with Crippen molar-refractivity contribution in [2.75, 3.05) is 32.6 Å². The predicted molar refractivity (Wildman–Crippen MR) is 111 cm³/mol. The van der Waals surface area contributed by atoms with E-state index in [1.54, 1.807) is 18.2 Å². The van der Waals surface area contributed by atoms with Crippen molar-refractivity contribution < 1.29 is 27.1 Å². The molecule has 2 aromatic rings. The van der Waals surface area contributed by atoms with Gasteiger partial charge in [0.05, 0.1) is 25.8 Å². The lowest BCUT2D eigenvalue weighted by Gasteiger charge is -2.31. The van der Waals surface area contributed by atoms with E-state index in [0.29, 0.717) is 29.3 Å². The number of carbonyl (C=O) groups excluding carboxylic acids is 1. The maximum Gasteiger partial charge on any atom is 0.246 e. The molecule has 1 amide bonds. The zero-order valence-corrected chi connectivity index (χ0v) is 18.1. The maximum atomic E-state index is 13.7. The SMILES string of the molecule is COc1ccc(Cl)cc1NC(=O)[C@@H]1CCCN(S(=O)(=O)c2cc(F)ccc2OC)C1. The summed E-state index contributed by atoms with van der Waals surface area (Å²) in [6.45, 7) is 0.197. The molecule has 1 aliphatic rings. The van der Waals surface area contributed by atoms with E-state index >= 15 is 0 Å². The number of carbonyl (C=O) groups is 1. The number of hydrogen-bond acceptors (Lipinski definition) is 5. The van der Waals surface area contributed by atoms with Crippen LogP contribution in [-0.2, 0) is 14.8 Å². The number of amides is 1. The summed E-state index contributed by atoms with van der Waals surface area (Å²) in [6.07, 6.45) is 1.00. The largest absolute Gasteiger partial charge is 0.495 e. The number of halogens is 2. The van der Waals surface area contributed by atoms with Gasteiger partial charge in [-0.2, -0.15) is 4.31 Å². The van der Waals surface area contributed by atoms with Crippen molar-refractivity contribution in [3.8, 4) is 11.5 Å². The van der Waals surface area contributed by atoms with Crippen molar-refractivity contribution in [2.24, 2.45) is 5.92 Å². The number of benzene rings is 2. The van der Waals surface area contributed by atoms with Gasteiger partial charge in [0.15, 0.2) is 0 Å². The molecule has 0 spiro atoms. The van der Waals surface area contributed by atoms with Gasteiger partial charge in [0, 0.05) is 18.1 Å². The lowest BCUT2D eigenvalue weighted by molar-refractivity contribution is -0.120. The van der Waals surface area contributed by atoms with Gasteiger partial charge in [-0.05, 0) is 49.2 Å². The number of anilines is 1. The van der Waals surface area contributed by atoms with Crippen LogP contribution in [0, 0.1) is 11.7 Å². The normalized spacial score (nSPS) is 17.4. The van der Waals surface area contributed by atoms with Gasteiger partial charge in [-0.15, -0.1) is 0 Å². The molecule has 3 rings (SSSR count). The van der Waals surface area contributed by atoms with Crippen molar-refractivity contribution in [2.45, 2.75) is 17.7 Å². The Morgan fingerprint density at radius 2 is 1.87 bits per heavy atom. The molecule has 1 fully saturated rings. The molecule has 1 aliphatic heterocycles. The molecule has 0 saturated carbocycles. The van der Waals surface area contributed by atoms with E-state index in [0.717, 1.165) is 12.1 Å². The summed E-state index contributed by atoms with van der Waals surface area (Å²) in [7, 11) is -1.25. The topological polar surface area (TPSA) is 84.9 Å². The van der Waals surface area contributed by atoms with Crippen LogP contribution in [0.25, 0.3) is 0 Å². The molecule has 7 nitrogen and oxygen atoms in total. The number of nitrogens with zero attached hydrogens (tertiary/aromatic N) is 1. The summed E-state index contributed by atoms with van der Waals surface area (Å²) in [5, 5.41) is 3.19. The Labute approximate surface area is 179 Å². The second-order valence-electron chi connectivity index (χ2n) is 6.83. The van der Waals surface area contributed by atoms with Crippen LogP contribution in [0.15, 0.2) is 41.3 Å². The van der Waals surface area contributed by atoms with Gasteiger partial charge in [0.25, 0.3) is 0 Å². The van der Waals surface area contributed by atoms with Crippen LogP contribution < -0.4 is 14.8 Å². The second kappa shape index (κ2) is 9.20. The van der Waals surface area contributed by atoms with E-state index < -0.39 is 21.8 Å². The van der Waals surface area contributed by atoms with Crippen molar-refractivity contribution in [3.63, 3.8) is 0 Å². The zero-order chi connectivity index (χ0) is 21.9. The van der Waals surface area contributed by atoms with Crippen LogP contribution in [-0.4, -0.2) is 45.9 Å². The molecule has 0 aliphatic carbocycles. The van der Waals surface area contributed by atoms with E-state index in [9.17, 15) is 17.6 Å². The average molecular weight is 457 g/mol. The lowest BCUT2D eigenvalue weighted by Crippen LogP contribution is -2.43. The van der Waals surface area contributed by atoms with Gasteiger partial charge < -0.3 is 14.8 Å². The first-order chi connectivity index (χ1) is 14.3. The predicted octanol–water partition coefficient (Wildman–Crippen LogP) is 3.54. The molecule has 162 valence electrons. The van der Waals surface area contributed by atoms with Crippen LogP contribution in [0.4, 0.5) is 10.1 Å². The Hall–Kier alpha value is -2.36. The molecule has 0 bridgehead atoms. The fourth-order valence-corrected chi connectivity index (χ4v) is 5.24. The number of nitrogens with one attached hydrogen (secondary N) is 1. The number of methoxy groups -OCH3 is 2. The minimum absolute atomic E-state index is 0.0310. The highest BCUT2D eigenvalue weighted by Crippen LogP contribution is 2.32. The third kappa shape index (κ3) is 4.69. The van der Waals surface area contributed by atoms with E-state index in [4.69, 9.17) is 21.1 Å². The molecule has 10 heteroatoms. The zero-order valence-electron chi connectivity index (χ0n) is 16.5. The molecule has 30 heavy (non-hydrogen) atoms. The first kappa shape index (κ1) is 22.3. The van der Waals surface area contributed by atoms with E-state index in [-0.39, 0.29) is 29.6 Å². The van der Waals surface area contributed by atoms with Crippen molar-refractivity contribution in [3.05, 3.63) is 47.2 Å². The van der Waals surface area contributed by atoms with Gasteiger partial charge >= 0.3 is 0 Å². The van der Waals surface area contributed by atoms with Crippen LogP contribution in [0.5, 0.6) is 11.5 Å². The Morgan fingerprint density at radius 1 is 1.17 bits per heavy atom. The number of sulfonamides is 1. The second-order valence-corrected chi connectivity index (χ2v) is 9.17. The van der Waals surface area contributed by atoms with Crippen LogP contribution in [0.1, 0.15) is 12.8 Å². The molecule has 0 aromatic heterocycles. The van der Waals surface area contributed by atoms with Crippen LogP contribution in [0.2, 0.25) is 5.02 Å². The van der Waals surface area contributed by atoms with E-state index in [2.05, 4.69) is 5.32 Å². The minimum atomic E-state index is -4.04. The first-order valence-corrected chi connectivity index (χ1v) is 11.1. The first-order valence-electron chi connectivity index (χ1n) is 9.24. The highest BCUT2D eigenvalue weighted by atomic mass is 35.5. The van der Waals surface area contributed by atoms with Gasteiger partial charge in [0.1, 0.15) is 22.2 Å². The molecular weight excluding hydrogens is 435 g/mol. The minimum Gasteiger partial charge on any atom is -0.495 e. The Bertz CT molecular complexity index is 1050.